The summed E-state index contributed by atoms with van der Waals surface area (Å²) in [5.41, 5.74) is 0.374. The highest BCUT2D eigenvalue weighted by Gasteiger charge is 2.27. The molecule has 2 N–H and O–H groups in total. The number of hydrogen-bond acceptors (Lipinski definition) is 13. The highest BCUT2D eigenvalue weighted by atomic mass is 35.5. The molecule has 12 nitrogen and oxygen atoms in total. The minimum atomic E-state index is -2.60. The van der Waals surface area contributed by atoms with Gasteiger partial charge in [-0.2, -0.15) is 4.98 Å². The second kappa shape index (κ2) is 11.6. The van der Waals surface area contributed by atoms with Crippen molar-refractivity contribution in [3.05, 3.63) is 17.4 Å². The van der Waals surface area contributed by atoms with Gasteiger partial charge in [0.2, 0.25) is 16.2 Å². The number of nitrogens with zero attached hydrogens (tertiary/aromatic N) is 8. The van der Waals surface area contributed by atoms with Crippen LogP contribution in [0.5, 0.6) is 5.88 Å². The zero-order valence-electron chi connectivity index (χ0n) is 21.7. The first-order valence-electron chi connectivity index (χ1n) is 12.7. The first kappa shape index (κ1) is 27.0. The normalized spacial score (nSPS) is 17.4. The smallest absolute Gasteiger partial charge is 0.258 e. The first-order chi connectivity index (χ1) is 18.3. The van der Waals surface area contributed by atoms with Gasteiger partial charge in [-0.25, -0.2) is 15.0 Å². The zero-order chi connectivity index (χ0) is 26.7. The molecule has 38 heavy (non-hydrogen) atoms. The Morgan fingerprint density at radius 1 is 1.00 bits per heavy atom. The topological polar surface area (TPSA) is 134 Å². The van der Waals surface area contributed by atoms with E-state index in [1.54, 1.807) is 13.3 Å². The minimum Gasteiger partial charge on any atom is -0.478 e. The van der Waals surface area contributed by atoms with E-state index in [2.05, 4.69) is 50.6 Å². The Labute approximate surface area is 231 Å². The van der Waals surface area contributed by atoms with E-state index in [1.807, 2.05) is 0 Å². The maximum Gasteiger partial charge on any atom is 0.258 e. The molecule has 2 saturated heterocycles. The van der Waals surface area contributed by atoms with Crippen LogP contribution >= 0.6 is 30.1 Å². The average Bonchev–Trinajstić information content (AvgIpc) is 3.39. The van der Waals surface area contributed by atoms with Crippen LogP contribution in [0.4, 0.5) is 27.8 Å². The van der Waals surface area contributed by atoms with Gasteiger partial charge in [0.05, 0.1) is 19.5 Å². The summed E-state index contributed by atoms with van der Waals surface area (Å²) in [5.74, 6) is 1.10. The number of piperidine rings is 2. The highest BCUT2D eigenvalue weighted by Crippen LogP contribution is 2.36. The summed E-state index contributed by atoms with van der Waals surface area (Å²) in [5, 5.41) is 16.6. The van der Waals surface area contributed by atoms with E-state index in [4.69, 9.17) is 16.3 Å². The van der Waals surface area contributed by atoms with Crippen molar-refractivity contribution < 1.29 is 9.30 Å². The predicted octanol–water partition coefficient (Wildman–Crippen LogP) is 3.97. The number of likely N-dealkylation sites (tertiary alicyclic amines) is 1. The van der Waals surface area contributed by atoms with Crippen LogP contribution in [0.3, 0.4) is 0 Å². The zero-order valence-corrected chi connectivity index (χ0v) is 24.2. The number of aromatic nitrogens is 6. The van der Waals surface area contributed by atoms with Crippen molar-refractivity contribution in [1.29, 1.82) is 0 Å². The van der Waals surface area contributed by atoms with Crippen LogP contribution in [0.15, 0.2) is 12.4 Å². The second-order valence-corrected chi connectivity index (χ2v) is 14.3. The molecule has 5 heterocycles. The molecule has 2 aliphatic rings. The Morgan fingerprint density at radius 3 is 2.47 bits per heavy atom. The van der Waals surface area contributed by atoms with Crippen LogP contribution in [0.2, 0.25) is 5.02 Å². The molecule has 0 atom stereocenters. The summed E-state index contributed by atoms with van der Waals surface area (Å²) in [6.45, 7) is 7.68. The third kappa shape index (κ3) is 6.33. The lowest BCUT2D eigenvalue weighted by Gasteiger charge is -2.40. The van der Waals surface area contributed by atoms with Crippen LogP contribution in [-0.2, 0) is 4.57 Å². The van der Waals surface area contributed by atoms with E-state index in [0.717, 1.165) is 31.1 Å². The summed E-state index contributed by atoms with van der Waals surface area (Å²) in [7, 11) is -1.13. The van der Waals surface area contributed by atoms with Crippen LogP contribution in [0.1, 0.15) is 32.1 Å². The largest absolute Gasteiger partial charge is 0.478 e. The predicted molar refractivity (Wildman–Crippen MR) is 152 cm³/mol. The van der Waals surface area contributed by atoms with Crippen molar-refractivity contribution >= 4 is 63.4 Å². The third-order valence-electron chi connectivity index (χ3n) is 6.73. The number of halogens is 1. The average molecular weight is 579 g/mol. The molecular weight excluding hydrogens is 547 g/mol. The van der Waals surface area contributed by atoms with E-state index < -0.39 is 7.14 Å². The van der Waals surface area contributed by atoms with Gasteiger partial charge in [0.1, 0.15) is 17.6 Å². The summed E-state index contributed by atoms with van der Waals surface area (Å²) in [4.78, 5) is 22.3. The molecule has 0 aromatic carbocycles. The molecule has 0 radical (unpaired) electrons. The van der Waals surface area contributed by atoms with Gasteiger partial charge in [0, 0.05) is 19.1 Å². The standard InChI is InChI=1S/C23H32ClN10O2PS/c1-36-20-19(25-14-17(27-20)37(2,3)35)28-18-16(24)13-26-21(29-18)30-22-31-32-23(38-22)34-11-7-15(8-12-34)33-9-5-4-6-10-33/h13-15H,4-12H2,1-3H3,(H2,25,26,28,29,30,31). The molecule has 2 fully saturated rings. The Balaban J connectivity index is 1.23. The van der Waals surface area contributed by atoms with Crippen molar-refractivity contribution in [3.8, 4) is 5.88 Å². The lowest BCUT2D eigenvalue weighted by molar-refractivity contribution is 0.141. The SMILES string of the molecule is COc1nc(P(C)(C)=O)cnc1Nc1nc(Nc2nnc(N3CCC(N4CCCCC4)CC3)s2)ncc1Cl. The van der Waals surface area contributed by atoms with Gasteiger partial charge in [-0.1, -0.05) is 29.4 Å². The van der Waals surface area contributed by atoms with Crippen molar-refractivity contribution in [2.24, 2.45) is 0 Å². The lowest BCUT2D eigenvalue weighted by Crippen LogP contribution is -2.46. The van der Waals surface area contributed by atoms with Crippen LogP contribution in [-0.4, -0.2) is 87.7 Å². The molecular formula is C23H32ClN10O2PS. The molecule has 0 aliphatic carbocycles. The number of ether oxygens (including phenoxy) is 1. The highest BCUT2D eigenvalue weighted by molar-refractivity contribution is 7.69. The summed E-state index contributed by atoms with van der Waals surface area (Å²) < 4.78 is 17.7. The summed E-state index contributed by atoms with van der Waals surface area (Å²) in [6, 6.07) is 0.679. The maximum absolute atomic E-state index is 12.4. The fourth-order valence-corrected chi connectivity index (χ4v) is 6.27. The summed E-state index contributed by atoms with van der Waals surface area (Å²) in [6.07, 6.45) is 9.25. The van der Waals surface area contributed by atoms with Gasteiger partial charge in [0.15, 0.2) is 11.6 Å². The molecule has 0 unspecified atom stereocenters. The fraction of sp³-hybridized carbons (Fsp3) is 0.565. The van der Waals surface area contributed by atoms with Crippen LogP contribution < -0.4 is 25.7 Å². The monoisotopic (exact) mass is 578 g/mol. The minimum absolute atomic E-state index is 0.188. The molecule has 2 aliphatic heterocycles. The van der Waals surface area contributed by atoms with Gasteiger partial charge in [-0.05, 0) is 52.1 Å². The van der Waals surface area contributed by atoms with Crippen molar-refractivity contribution in [3.63, 3.8) is 0 Å². The van der Waals surface area contributed by atoms with Crippen LogP contribution in [0, 0.1) is 0 Å². The van der Waals surface area contributed by atoms with Crippen molar-refractivity contribution in [2.45, 2.75) is 38.1 Å². The molecule has 5 rings (SSSR count). The van der Waals surface area contributed by atoms with Crippen LogP contribution in [0.25, 0.3) is 0 Å². The van der Waals surface area contributed by atoms with Gasteiger partial charge >= 0.3 is 0 Å². The Kier molecular flexibility index (Phi) is 8.27. The van der Waals surface area contributed by atoms with Gasteiger partial charge < -0.3 is 24.4 Å². The van der Waals surface area contributed by atoms with E-state index >= 15 is 0 Å². The maximum atomic E-state index is 12.4. The van der Waals surface area contributed by atoms with Crippen molar-refractivity contribution in [1.82, 2.24) is 35.0 Å². The van der Waals surface area contributed by atoms with E-state index in [1.165, 1.54) is 63.2 Å². The first-order valence-corrected chi connectivity index (χ1v) is 16.5. The molecule has 0 amide bonds. The van der Waals surface area contributed by atoms with Crippen molar-refractivity contribution in [2.75, 3.05) is 62.2 Å². The molecule has 15 heteroatoms. The molecule has 3 aromatic heterocycles. The third-order valence-corrected chi connectivity index (χ3v) is 9.22. The number of methoxy groups -OCH3 is 1. The number of rotatable bonds is 8. The fourth-order valence-electron chi connectivity index (χ4n) is 4.67. The number of nitrogens with one attached hydrogen (secondary N) is 2. The second-order valence-electron chi connectivity index (χ2n) is 9.78. The van der Waals surface area contributed by atoms with E-state index in [0.29, 0.717) is 34.2 Å². The van der Waals surface area contributed by atoms with Gasteiger partial charge in [-0.15, -0.1) is 10.2 Å². The Hall–Kier alpha value is -2.60. The molecule has 0 spiro atoms. The van der Waals surface area contributed by atoms with E-state index in [9.17, 15) is 4.57 Å². The molecule has 0 saturated carbocycles. The number of hydrogen-bond donors (Lipinski definition) is 2. The van der Waals surface area contributed by atoms with Gasteiger partial charge in [0.25, 0.3) is 5.88 Å². The summed E-state index contributed by atoms with van der Waals surface area (Å²) >= 11 is 7.81. The van der Waals surface area contributed by atoms with E-state index in [-0.39, 0.29) is 10.9 Å². The molecule has 3 aromatic rings. The van der Waals surface area contributed by atoms with Gasteiger partial charge in [-0.3, -0.25) is 5.32 Å². The quantitative estimate of drug-likeness (QED) is 0.374. The molecule has 204 valence electrons. The number of anilines is 5. The Bertz CT molecular complexity index is 1310. The Morgan fingerprint density at radius 2 is 1.76 bits per heavy atom. The molecule has 0 bridgehead atoms. The lowest BCUT2D eigenvalue weighted by atomic mass is 10.0.